The van der Waals surface area contributed by atoms with Gasteiger partial charge in [0.1, 0.15) is 11.6 Å². The Morgan fingerprint density at radius 3 is 2.48 bits per heavy atom. The van der Waals surface area contributed by atoms with Crippen molar-refractivity contribution in [3.63, 3.8) is 0 Å². The average molecular weight is 444 g/mol. The van der Waals surface area contributed by atoms with E-state index in [1.54, 1.807) is 19.1 Å². The van der Waals surface area contributed by atoms with Crippen molar-refractivity contribution < 1.29 is 23.1 Å². The quantitative estimate of drug-likeness (QED) is 0.666. The molecule has 0 spiro atoms. The minimum Gasteiger partial charge on any atom is -0.466 e. The lowest BCUT2D eigenvalue weighted by Crippen LogP contribution is -2.36. The predicted octanol–water partition coefficient (Wildman–Crippen LogP) is 5.15. The van der Waals surface area contributed by atoms with Crippen LogP contribution >= 0.6 is 11.6 Å². The normalized spacial score (nSPS) is 21.0. The summed E-state index contributed by atoms with van der Waals surface area (Å²) in [4.78, 5) is 26.0. The molecule has 1 N–H and O–H groups in total. The molecule has 0 aromatic heterocycles. The third kappa shape index (κ3) is 3.76. The lowest BCUT2D eigenvalue weighted by atomic mass is 9.71. The molecule has 2 aromatic rings. The fourth-order valence-corrected chi connectivity index (χ4v) is 4.74. The van der Waals surface area contributed by atoms with Crippen molar-refractivity contribution in [1.29, 1.82) is 0 Å². The first-order chi connectivity index (χ1) is 14.8. The molecule has 160 valence electrons. The number of esters is 1. The average Bonchev–Trinajstić information content (AvgIpc) is 2.73. The molecule has 1 aliphatic heterocycles. The highest BCUT2D eigenvalue weighted by Crippen LogP contribution is 2.47. The highest BCUT2D eigenvalue weighted by Gasteiger charge is 2.43. The Hall–Kier alpha value is -2.99. The summed E-state index contributed by atoms with van der Waals surface area (Å²) in [5.74, 6) is -2.97. The zero-order valence-corrected chi connectivity index (χ0v) is 17.7. The maximum Gasteiger partial charge on any atom is 0.336 e. The number of ether oxygens (including phenoxy) is 1. The number of hydrogen-bond donors (Lipinski definition) is 1. The van der Waals surface area contributed by atoms with Crippen LogP contribution in [0.3, 0.4) is 0 Å². The molecule has 2 atom stereocenters. The fraction of sp³-hybridized carbons (Fsp3) is 0.250. The van der Waals surface area contributed by atoms with E-state index in [9.17, 15) is 18.4 Å². The summed E-state index contributed by atoms with van der Waals surface area (Å²) < 4.78 is 33.2. The molecule has 0 saturated carbocycles. The summed E-state index contributed by atoms with van der Waals surface area (Å²) in [5, 5.41) is 3.29. The Labute approximate surface area is 183 Å². The number of allylic oxidation sites excluding steroid dienone is 3. The molecule has 0 fully saturated rings. The minimum atomic E-state index is -0.973. The van der Waals surface area contributed by atoms with Crippen LogP contribution in [0.5, 0.6) is 0 Å². The number of ketones is 1. The number of dihydropyridines is 1. The number of carbonyl (C=O) groups is 2. The molecule has 0 radical (unpaired) electrons. The van der Waals surface area contributed by atoms with Crippen LogP contribution in [0.15, 0.2) is 65.0 Å². The van der Waals surface area contributed by atoms with Crippen molar-refractivity contribution in [2.24, 2.45) is 0 Å². The number of methoxy groups -OCH3 is 1. The van der Waals surface area contributed by atoms with Gasteiger partial charge in [-0.3, -0.25) is 4.79 Å². The van der Waals surface area contributed by atoms with Crippen LogP contribution in [0.25, 0.3) is 0 Å². The first-order valence-electron chi connectivity index (χ1n) is 9.83. The van der Waals surface area contributed by atoms with Crippen LogP contribution in [0.1, 0.15) is 42.7 Å². The molecule has 1 heterocycles. The summed E-state index contributed by atoms with van der Waals surface area (Å²) in [5.41, 5.74) is 2.47. The summed E-state index contributed by atoms with van der Waals surface area (Å²) >= 11 is 6.34. The number of rotatable bonds is 3. The van der Waals surface area contributed by atoms with E-state index < -0.39 is 17.7 Å². The van der Waals surface area contributed by atoms with Gasteiger partial charge in [-0.05, 0) is 49.1 Å². The van der Waals surface area contributed by atoms with Gasteiger partial charge in [0.05, 0.1) is 18.6 Å². The maximum atomic E-state index is 14.9. The van der Waals surface area contributed by atoms with Gasteiger partial charge in [-0.1, -0.05) is 29.8 Å². The number of hydrogen-bond acceptors (Lipinski definition) is 4. The molecule has 0 saturated heterocycles. The second-order valence-electron chi connectivity index (χ2n) is 7.70. The Morgan fingerprint density at radius 2 is 1.84 bits per heavy atom. The second kappa shape index (κ2) is 8.27. The molecular weight excluding hydrogens is 424 g/mol. The second-order valence-corrected chi connectivity index (χ2v) is 8.10. The van der Waals surface area contributed by atoms with Gasteiger partial charge in [-0.25, -0.2) is 13.6 Å². The van der Waals surface area contributed by atoms with Gasteiger partial charge < -0.3 is 10.1 Å². The van der Waals surface area contributed by atoms with E-state index in [1.807, 2.05) is 0 Å². The number of benzene rings is 2. The summed E-state index contributed by atoms with van der Waals surface area (Å²) in [6.07, 6.45) is 0.614. The largest absolute Gasteiger partial charge is 0.466 e. The van der Waals surface area contributed by atoms with Crippen molar-refractivity contribution >= 4 is 23.4 Å². The Balaban J connectivity index is 1.85. The van der Waals surface area contributed by atoms with Crippen LogP contribution in [0.4, 0.5) is 8.78 Å². The van der Waals surface area contributed by atoms with Crippen molar-refractivity contribution in [3.05, 3.63) is 92.8 Å². The minimum absolute atomic E-state index is 0.0755. The van der Waals surface area contributed by atoms with Gasteiger partial charge in [0.15, 0.2) is 5.78 Å². The van der Waals surface area contributed by atoms with E-state index in [1.165, 1.54) is 37.4 Å². The zero-order chi connectivity index (χ0) is 22.3. The molecule has 0 bridgehead atoms. The van der Waals surface area contributed by atoms with Crippen LogP contribution in [0.2, 0.25) is 5.02 Å². The molecule has 7 heteroatoms. The summed E-state index contributed by atoms with van der Waals surface area (Å²) in [7, 11) is 1.24. The first-order valence-corrected chi connectivity index (χ1v) is 10.2. The number of halogens is 3. The van der Waals surface area contributed by atoms with E-state index in [-0.39, 0.29) is 40.1 Å². The number of nitrogens with one attached hydrogen (secondary N) is 1. The van der Waals surface area contributed by atoms with E-state index in [0.29, 0.717) is 23.4 Å². The molecule has 0 amide bonds. The lowest BCUT2D eigenvalue weighted by Gasteiger charge is -2.37. The van der Waals surface area contributed by atoms with E-state index in [4.69, 9.17) is 16.3 Å². The van der Waals surface area contributed by atoms with Gasteiger partial charge in [-0.15, -0.1) is 0 Å². The Bertz CT molecular complexity index is 1120. The van der Waals surface area contributed by atoms with E-state index >= 15 is 0 Å². The Morgan fingerprint density at radius 1 is 1.13 bits per heavy atom. The smallest absolute Gasteiger partial charge is 0.336 e. The van der Waals surface area contributed by atoms with Gasteiger partial charge in [0.25, 0.3) is 0 Å². The van der Waals surface area contributed by atoms with Crippen molar-refractivity contribution in [3.8, 4) is 0 Å². The van der Waals surface area contributed by atoms with E-state index in [2.05, 4.69) is 5.32 Å². The standard InChI is InChI=1S/C24H20ClF2NO3/c1-12-20(24(30)31-2)23(21-16(25)4-3-5-17(21)27)22-18(28-12)10-14(11-19(22)29)13-6-8-15(26)9-7-13/h3-9,14,23,28H,10-11H2,1-2H3. The molecule has 31 heavy (non-hydrogen) atoms. The molecule has 4 nitrogen and oxygen atoms in total. The molecule has 4 rings (SSSR count). The first kappa shape index (κ1) is 21.2. The van der Waals surface area contributed by atoms with Gasteiger partial charge in [0, 0.05) is 34.0 Å². The number of Topliss-reactive ketones (excluding diaryl/α,β-unsaturated/α-hetero) is 1. The zero-order valence-electron chi connectivity index (χ0n) is 17.0. The molecule has 2 aromatic carbocycles. The molecule has 2 unspecified atom stereocenters. The molecule has 1 aliphatic carbocycles. The number of carbonyl (C=O) groups excluding carboxylic acids is 2. The fourth-order valence-electron chi connectivity index (χ4n) is 4.47. The third-order valence-corrected chi connectivity index (χ3v) is 6.19. The van der Waals surface area contributed by atoms with Crippen LogP contribution < -0.4 is 5.32 Å². The van der Waals surface area contributed by atoms with Gasteiger partial charge >= 0.3 is 5.97 Å². The van der Waals surface area contributed by atoms with Gasteiger partial charge in [-0.2, -0.15) is 0 Å². The van der Waals surface area contributed by atoms with E-state index in [0.717, 1.165) is 5.56 Å². The summed E-state index contributed by atoms with van der Waals surface area (Å²) in [6.45, 7) is 1.68. The van der Waals surface area contributed by atoms with Crippen molar-refractivity contribution in [2.75, 3.05) is 7.11 Å². The maximum absolute atomic E-state index is 14.9. The predicted molar refractivity (Wildman–Crippen MR) is 112 cm³/mol. The highest BCUT2D eigenvalue weighted by molar-refractivity contribution is 6.31. The lowest BCUT2D eigenvalue weighted by molar-refractivity contribution is -0.136. The third-order valence-electron chi connectivity index (χ3n) is 5.86. The Kier molecular flexibility index (Phi) is 5.67. The SMILES string of the molecule is COC(=O)C1=C(C)NC2=C(C(=O)CC(c3ccc(F)cc3)C2)C1c1c(F)cccc1Cl. The van der Waals surface area contributed by atoms with Crippen LogP contribution in [-0.4, -0.2) is 18.9 Å². The topological polar surface area (TPSA) is 55.4 Å². The summed E-state index contributed by atoms with van der Waals surface area (Å²) in [6, 6.07) is 10.3. The highest BCUT2D eigenvalue weighted by atomic mass is 35.5. The van der Waals surface area contributed by atoms with Crippen LogP contribution in [-0.2, 0) is 14.3 Å². The molecular formula is C24H20ClF2NO3. The van der Waals surface area contributed by atoms with Crippen molar-refractivity contribution in [1.82, 2.24) is 5.32 Å². The van der Waals surface area contributed by atoms with Crippen molar-refractivity contribution in [2.45, 2.75) is 31.6 Å². The monoisotopic (exact) mass is 443 g/mol. The van der Waals surface area contributed by atoms with Gasteiger partial charge in [0.2, 0.25) is 0 Å². The van der Waals surface area contributed by atoms with Crippen LogP contribution in [0, 0.1) is 11.6 Å². The molecule has 2 aliphatic rings.